The van der Waals surface area contributed by atoms with Gasteiger partial charge in [0.05, 0.1) is 15.6 Å². The Morgan fingerprint density at radius 1 is 1.54 bits per heavy atom. The van der Waals surface area contributed by atoms with E-state index < -0.39 is 4.92 Å². The second-order valence-corrected chi connectivity index (χ2v) is 3.03. The molecule has 0 aliphatic heterocycles. The molecule has 70 valence electrons. The van der Waals surface area contributed by atoms with Gasteiger partial charge in [-0.1, -0.05) is 11.6 Å². The van der Waals surface area contributed by atoms with Crippen LogP contribution in [0, 0.1) is 17.0 Å². The summed E-state index contributed by atoms with van der Waals surface area (Å²) in [5.41, 5.74) is 1.51. The van der Waals surface area contributed by atoms with Gasteiger partial charge in [0.2, 0.25) is 0 Å². The molecule has 0 bridgehead atoms. The summed E-state index contributed by atoms with van der Waals surface area (Å²) >= 11 is 5.81. The highest BCUT2D eigenvalue weighted by molar-refractivity contribution is 6.33. The number of hydrogen-bond donors (Lipinski definition) is 1. The second-order valence-electron chi connectivity index (χ2n) is 2.63. The van der Waals surface area contributed by atoms with Crippen LogP contribution in [0.25, 0.3) is 0 Å². The first-order valence-electron chi connectivity index (χ1n) is 3.68. The monoisotopic (exact) mass is 200 g/mol. The zero-order chi connectivity index (χ0) is 10.0. The first-order chi connectivity index (χ1) is 6.06. The van der Waals surface area contributed by atoms with E-state index in [1.165, 1.54) is 12.1 Å². The van der Waals surface area contributed by atoms with Crippen LogP contribution < -0.4 is 5.32 Å². The van der Waals surface area contributed by atoms with Crippen LogP contribution in [0.2, 0.25) is 5.02 Å². The number of anilines is 1. The molecule has 4 nitrogen and oxygen atoms in total. The van der Waals surface area contributed by atoms with Gasteiger partial charge in [0.15, 0.2) is 0 Å². The number of nitro groups is 1. The summed E-state index contributed by atoms with van der Waals surface area (Å²) in [4.78, 5) is 9.97. The maximum atomic E-state index is 10.4. The van der Waals surface area contributed by atoms with E-state index in [0.29, 0.717) is 5.02 Å². The molecule has 5 heteroatoms. The number of halogens is 1. The molecule has 0 unspecified atom stereocenters. The fourth-order valence-corrected chi connectivity index (χ4v) is 1.50. The van der Waals surface area contributed by atoms with Crippen LogP contribution in [-0.4, -0.2) is 12.0 Å². The molecular weight excluding hydrogens is 192 g/mol. The molecule has 0 aliphatic rings. The molecular formula is C8H9ClN2O2. The van der Waals surface area contributed by atoms with Crippen molar-refractivity contribution in [2.45, 2.75) is 6.92 Å². The largest absolute Gasteiger partial charge is 0.387 e. The average Bonchev–Trinajstić information content (AvgIpc) is 2.03. The van der Waals surface area contributed by atoms with Crippen LogP contribution in [0.15, 0.2) is 12.1 Å². The molecule has 0 radical (unpaired) electrons. The summed E-state index contributed by atoms with van der Waals surface area (Å²) in [5.74, 6) is 0. The van der Waals surface area contributed by atoms with Crippen LogP contribution in [0.3, 0.4) is 0 Å². The Hall–Kier alpha value is -1.29. The molecule has 1 aromatic carbocycles. The van der Waals surface area contributed by atoms with Crippen molar-refractivity contribution in [1.82, 2.24) is 0 Å². The van der Waals surface area contributed by atoms with E-state index in [4.69, 9.17) is 11.6 Å². The highest BCUT2D eigenvalue weighted by atomic mass is 35.5. The number of rotatable bonds is 2. The molecule has 0 aromatic heterocycles. The normalized spacial score (nSPS) is 9.77. The summed E-state index contributed by atoms with van der Waals surface area (Å²) < 4.78 is 0. The van der Waals surface area contributed by atoms with E-state index in [1.54, 1.807) is 14.0 Å². The van der Waals surface area contributed by atoms with Gasteiger partial charge in [-0.2, -0.15) is 0 Å². The lowest BCUT2D eigenvalue weighted by Crippen LogP contribution is -1.95. The maximum Gasteiger partial charge on any atom is 0.271 e. The maximum absolute atomic E-state index is 10.4. The molecule has 1 rings (SSSR count). The number of benzene rings is 1. The number of nitrogens with one attached hydrogen (secondary N) is 1. The Balaban J connectivity index is 3.28. The lowest BCUT2D eigenvalue weighted by Gasteiger charge is -2.06. The quantitative estimate of drug-likeness (QED) is 0.590. The highest BCUT2D eigenvalue weighted by Gasteiger charge is 2.11. The summed E-state index contributed by atoms with van der Waals surface area (Å²) in [6.45, 7) is 1.77. The van der Waals surface area contributed by atoms with Crippen molar-refractivity contribution in [3.05, 3.63) is 32.8 Å². The first kappa shape index (κ1) is 9.80. The van der Waals surface area contributed by atoms with E-state index in [1.807, 2.05) is 0 Å². The molecule has 13 heavy (non-hydrogen) atoms. The van der Waals surface area contributed by atoms with E-state index in [-0.39, 0.29) is 5.69 Å². The number of nitrogens with zero attached hydrogens (tertiary/aromatic N) is 1. The third-order valence-electron chi connectivity index (χ3n) is 1.73. The SMILES string of the molecule is CNc1c(C)cc([N+](=O)[O-])cc1Cl. The van der Waals surface area contributed by atoms with Gasteiger partial charge in [0.1, 0.15) is 0 Å². The zero-order valence-corrected chi connectivity index (χ0v) is 8.05. The number of non-ortho nitro benzene ring substituents is 1. The minimum atomic E-state index is -0.460. The third-order valence-corrected chi connectivity index (χ3v) is 2.03. The molecule has 0 heterocycles. The number of hydrogen-bond acceptors (Lipinski definition) is 3. The molecule has 0 amide bonds. The van der Waals surface area contributed by atoms with Gasteiger partial charge in [0, 0.05) is 19.2 Å². The summed E-state index contributed by atoms with van der Waals surface area (Å²) in [5, 5.41) is 13.7. The Morgan fingerprint density at radius 2 is 2.15 bits per heavy atom. The Kier molecular flexibility index (Phi) is 2.72. The Morgan fingerprint density at radius 3 is 2.54 bits per heavy atom. The lowest BCUT2D eigenvalue weighted by molar-refractivity contribution is -0.384. The van der Waals surface area contributed by atoms with Crippen molar-refractivity contribution >= 4 is 23.0 Å². The Bertz CT molecular complexity index is 329. The van der Waals surface area contributed by atoms with Gasteiger partial charge in [-0.15, -0.1) is 0 Å². The fourth-order valence-electron chi connectivity index (χ4n) is 1.15. The molecule has 0 aliphatic carbocycles. The Labute approximate surface area is 80.7 Å². The second kappa shape index (κ2) is 3.62. The topological polar surface area (TPSA) is 55.2 Å². The highest BCUT2D eigenvalue weighted by Crippen LogP contribution is 2.29. The summed E-state index contributed by atoms with van der Waals surface area (Å²) in [6.07, 6.45) is 0. The van der Waals surface area contributed by atoms with Gasteiger partial charge < -0.3 is 5.32 Å². The number of nitro benzene ring substituents is 1. The van der Waals surface area contributed by atoms with Gasteiger partial charge in [-0.05, 0) is 12.5 Å². The van der Waals surface area contributed by atoms with Crippen molar-refractivity contribution in [1.29, 1.82) is 0 Å². The van der Waals surface area contributed by atoms with Gasteiger partial charge in [-0.25, -0.2) is 0 Å². The molecule has 0 spiro atoms. The van der Waals surface area contributed by atoms with Crippen molar-refractivity contribution in [2.24, 2.45) is 0 Å². The molecule has 1 N–H and O–H groups in total. The molecule has 0 saturated carbocycles. The minimum absolute atomic E-state index is 0.0153. The van der Waals surface area contributed by atoms with Crippen LogP contribution in [0.1, 0.15) is 5.56 Å². The van der Waals surface area contributed by atoms with Crippen LogP contribution in [-0.2, 0) is 0 Å². The number of aryl methyl sites for hydroxylation is 1. The molecule has 0 atom stereocenters. The zero-order valence-electron chi connectivity index (χ0n) is 7.30. The molecule has 1 aromatic rings. The van der Waals surface area contributed by atoms with E-state index >= 15 is 0 Å². The van der Waals surface area contributed by atoms with E-state index in [0.717, 1.165) is 11.3 Å². The van der Waals surface area contributed by atoms with E-state index in [2.05, 4.69) is 5.32 Å². The van der Waals surface area contributed by atoms with Crippen molar-refractivity contribution in [3.63, 3.8) is 0 Å². The van der Waals surface area contributed by atoms with E-state index in [9.17, 15) is 10.1 Å². The van der Waals surface area contributed by atoms with Gasteiger partial charge >= 0.3 is 0 Å². The summed E-state index contributed by atoms with van der Waals surface area (Å²) in [7, 11) is 1.72. The van der Waals surface area contributed by atoms with Crippen LogP contribution in [0.5, 0.6) is 0 Å². The van der Waals surface area contributed by atoms with Crippen molar-refractivity contribution in [3.8, 4) is 0 Å². The lowest BCUT2D eigenvalue weighted by atomic mass is 10.2. The van der Waals surface area contributed by atoms with Crippen molar-refractivity contribution in [2.75, 3.05) is 12.4 Å². The van der Waals surface area contributed by atoms with Crippen LogP contribution in [0.4, 0.5) is 11.4 Å². The summed E-state index contributed by atoms with van der Waals surface area (Å²) in [6, 6.07) is 2.82. The minimum Gasteiger partial charge on any atom is -0.387 e. The van der Waals surface area contributed by atoms with Crippen molar-refractivity contribution < 1.29 is 4.92 Å². The van der Waals surface area contributed by atoms with Crippen LogP contribution >= 0.6 is 11.6 Å². The first-order valence-corrected chi connectivity index (χ1v) is 4.06. The third kappa shape index (κ3) is 1.89. The van der Waals surface area contributed by atoms with Gasteiger partial charge in [-0.3, -0.25) is 10.1 Å². The predicted octanol–water partition coefficient (Wildman–Crippen LogP) is 2.60. The fraction of sp³-hybridized carbons (Fsp3) is 0.250. The standard InChI is InChI=1S/C8H9ClN2O2/c1-5-3-6(11(12)13)4-7(9)8(5)10-2/h3-4,10H,1-2H3. The smallest absolute Gasteiger partial charge is 0.271 e. The predicted molar refractivity (Wildman–Crippen MR) is 52.4 cm³/mol. The molecule has 0 fully saturated rings. The molecule has 0 saturated heterocycles. The van der Waals surface area contributed by atoms with Gasteiger partial charge in [0.25, 0.3) is 5.69 Å². The average molecular weight is 201 g/mol.